The number of carbonyl (C=O) groups is 1. The Labute approximate surface area is 134 Å². The van der Waals surface area contributed by atoms with Crippen molar-refractivity contribution in [3.05, 3.63) is 47.8 Å². The van der Waals surface area contributed by atoms with Crippen molar-refractivity contribution >= 4 is 16.6 Å². The molecule has 0 bridgehead atoms. The van der Waals surface area contributed by atoms with Gasteiger partial charge in [0.1, 0.15) is 32.0 Å². The number of Topliss-reactive ketones (excluding diaryl/α,β-unsaturated/α-hetero) is 1. The molecule has 0 unspecified atom stereocenters. The fraction of sp³-hybridized carbons (Fsp3) is 0.389. The maximum Gasteiger partial charge on any atom is 0.217 e. The number of aliphatic hydroxyl groups is 1. The van der Waals surface area contributed by atoms with Crippen molar-refractivity contribution in [2.45, 2.75) is 0 Å². The molecule has 2 aromatic carbocycles. The Kier molecular flexibility index (Phi) is 4.71. The second kappa shape index (κ2) is 6.74. The van der Waals surface area contributed by atoms with Crippen molar-refractivity contribution in [1.82, 2.24) is 0 Å². The predicted molar refractivity (Wildman–Crippen MR) is 85.9 cm³/mol. The highest BCUT2D eigenvalue weighted by Gasteiger charge is 2.33. The van der Waals surface area contributed by atoms with Gasteiger partial charge in [-0.25, -0.2) is 4.39 Å². The fourth-order valence-electron chi connectivity index (χ4n) is 3.30. The maximum absolute atomic E-state index is 13.9. The van der Waals surface area contributed by atoms with Crippen LogP contribution in [-0.4, -0.2) is 61.4 Å². The molecule has 3 rings (SSSR count). The number of nitrogens with zero attached hydrogens (tertiary/aromatic N) is 1. The second-order valence-electron chi connectivity index (χ2n) is 6.07. The van der Waals surface area contributed by atoms with Gasteiger partial charge in [0.25, 0.3) is 0 Å². The van der Waals surface area contributed by atoms with Crippen molar-refractivity contribution in [2.24, 2.45) is 0 Å². The minimum atomic E-state index is -0.317. The van der Waals surface area contributed by atoms with Gasteiger partial charge >= 0.3 is 0 Å². The smallest absolute Gasteiger partial charge is 0.217 e. The van der Waals surface area contributed by atoms with Gasteiger partial charge in [-0.05, 0) is 17.5 Å². The first-order chi connectivity index (χ1) is 11.2. The number of aliphatic hydroxyl groups excluding tert-OH is 1. The number of fused-ring (bicyclic) bond motifs is 1. The lowest BCUT2D eigenvalue weighted by atomic mass is 10.00. The van der Waals surface area contributed by atoms with Gasteiger partial charge in [0.2, 0.25) is 5.78 Å². The van der Waals surface area contributed by atoms with Crippen LogP contribution in [0, 0.1) is 5.82 Å². The third kappa shape index (κ3) is 3.27. The third-order valence-corrected chi connectivity index (χ3v) is 4.64. The van der Waals surface area contributed by atoms with E-state index in [0.717, 1.165) is 0 Å². The molecule has 122 valence electrons. The van der Waals surface area contributed by atoms with Crippen LogP contribution < -0.4 is 0 Å². The van der Waals surface area contributed by atoms with Crippen LogP contribution in [-0.2, 0) is 4.74 Å². The van der Waals surface area contributed by atoms with Gasteiger partial charge in [0.05, 0.1) is 19.8 Å². The first kappa shape index (κ1) is 16.1. The van der Waals surface area contributed by atoms with Crippen molar-refractivity contribution < 1.29 is 23.5 Å². The molecule has 1 saturated heterocycles. The molecule has 0 amide bonds. The molecule has 1 aliphatic heterocycles. The fourth-order valence-corrected chi connectivity index (χ4v) is 3.30. The molecule has 0 saturated carbocycles. The summed E-state index contributed by atoms with van der Waals surface area (Å²) in [7, 11) is 0. The summed E-state index contributed by atoms with van der Waals surface area (Å²) in [6, 6.07) is 9.96. The van der Waals surface area contributed by atoms with E-state index in [2.05, 4.69) is 0 Å². The highest BCUT2D eigenvalue weighted by molar-refractivity contribution is 6.08. The number of ether oxygens (including phenoxy) is 1. The van der Waals surface area contributed by atoms with E-state index in [1.165, 1.54) is 6.07 Å². The number of hydrogen-bond donors (Lipinski definition) is 1. The lowest BCUT2D eigenvalue weighted by molar-refractivity contribution is -0.927. The van der Waals surface area contributed by atoms with Gasteiger partial charge in [-0.1, -0.05) is 24.3 Å². The molecular weight excluding hydrogens is 297 g/mol. The Bertz CT molecular complexity index is 705. The normalized spacial score (nSPS) is 17.3. The van der Waals surface area contributed by atoms with E-state index in [1.807, 2.05) is 6.07 Å². The Hall–Kier alpha value is -1.82. The highest BCUT2D eigenvalue weighted by Crippen LogP contribution is 2.23. The van der Waals surface area contributed by atoms with Crippen LogP contribution in [0.4, 0.5) is 4.39 Å². The summed E-state index contributed by atoms with van der Waals surface area (Å²) < 4.78 is 19.8. The minimum Gasteiger partial charge on any atom is -0.391 e. The third-order valence-electron chi connectivity index (χ3n) is 4.64. The van der Waals surface area contributed by atoms with Gasteiger partial charge in [0.15, 0.2) is 0 Å². The Balaban J connectivity index is 1.92. The number of ketones is 1. The lowest BCUT2D eigenvalue weighted by Crippen LogP contribution is -2.58. The summed E-state index contributed by atoms with van der Waals surface area (Å²) in [6.07, 6.45) is 0. The van der Waals surface area contributed by atoms with E-state index in [1.54, 1.807) is 24.3 Å². The largest absolute Gasteiger partial charge is 0.391 e. The van der Waals surface area contributed by atoms with Crippen LogP contribution in [0.15, 0.2) is 36.4 Å². The first-order valence-corrected chi connectivity index (χ1v) is 7.89. The van der Waals surface area contributed by atoms with Crippen LogP contribution in [0.5, 0.6) is 0 Å². The van der Waals surface area contributed by atoms with Gasteiger partial charge in [-0.15, -0.1) is 0 Å². The van der Waals surface area contributed by atoms with E-state index < -0.39 is 0 Å². The predicted octanol–water partition coefficient (Wildman–Crippen LogP) is 2.00. The average molecular weight is 318 g/mol. The molecular formula is C18H21FNO3+. The number of rotatable bonds is 5. The summed E-state index contributed by atoms with van der Waals surface area (Å²) in [6.45, 7) is 3.50. The summed E-state index contributed by atoms with van der Waals surface area (Å²) >= 11 is 0. The molecule has 0 atom stereocenters. The molecule has 1 fully saturated rings. The number of carbonyl (C=O) groups excluding carboxylic acids is 1. The molecule has 0 aromatic heterocycles. The molecule has 1 aliphatic rings. The maximum atomic E-state index is 13.9. The molecule has 1 heterocycles. The Morgan fingerprint density at radius 3 is 2.52 bits per heavy atom. The van der Waals surface area contributed by atoms with Crippen LogP contribution in [0.1, 0.15) is 10.4 Å². The summed E-state index contributed by atoms with van der Waals surface area (Å²) in [4.78, 5) is 12.9. The zero-order chi connectivity index (χ0) is 16.3. The molecule has 4 nitrogen and oxygen atoms in total. The van der Waals surface area contributed by atoms with Crippen molar-refractivity contribution in [3.63, 3.8) is 0 Å². The topological polar surface area (TPSA) is 46.5 Å². The molecule has 0 spiro atoms. The first-order valence-electron chi connectivity index (χ1n) is 7.89. The van der Waals surface area contributed by atoms with Gasteiger partial charge in [-0.3, -0.25) is 4.79 Å². The minimum absolute atomic E-state index is 0.0171. The highest BCUT2D eigenvalue weighted by atomic mass is 19.1. The zero-order valence-corrected chi connectivity index (χ0v) is 13.0. The average Bonchev–Trinajstić information content (AvgIpc) is 2.56. The zero-order valence-electron chi connectivity index (χ0n) is 13.0. The summed E-state index contributed by atoms with van der Waals surface area (Å²) in [5.41, 5.74) is 0.545. The van der Waals surface area contributed by atoms with Crippen LogP contribution in [0.25, 0.3) is 10.8 Å². The van der Waals surface area contributed by atoms with Gasteiger partial charge in [0, 0.05) is 10.9 Å². The van der Waals surface area contributed by atoms with Crippen LogP contribution in [0.3, 0.4) is 0 Å². The molecule has 1 N–H and O–H groups in total. The van der Waals surface area contributed by atoms with Crippen molar-refractivity contribution in [1.29, 1.82) is 0 Å². The SMILES string of the molecule is O=C(C[N+]1(CCO)CCOCC1)c1ccc(F)c2ccccc12. The second-order valence-corrected chi connectivity index (χ2v) is 6.07. The van der Waals surface area contributed by atoms with E-state index in [0.29, 0.717) is 60.2 Å². The monoisotopic (exact) mass is 318 g/mol. The van der Waals surface area contributed by atoms with E-state index in [9.17, 15) is 14.3 Å². The standard InChI is InChI=1S/C18H21FNO3/c19-17-6-5-16(14-3-1-2-4-15(14)17)18(22)13-20(7-10-21)8-11-23-12-9-20/h1-6,21H,7-13H2/q+1. The van der Waals surface area contributed by atoms with E-state index >= 15 is 0 Å². The van der Waals surface area contributed by atoms with E-state index in [4.69, 9.17) is 4.74 Å². The Morgan fingerprint density at radius 1 is 1.13 bits per heavy atom. The molecule has 23 heavy (non-hydrogen) atoms. The molecule has 0 aliphatic carbocycles. The van der Waals surface area contributed by atoms with Gasteiger partial charge in [-0.2, -0.15) is 0 Å². The Morgan fingerprint density at radius 2 is 1.83 bits per heavy atom. The lowest BCUT2D eigenvalue weighted by Gasteiger charge is -2.40. The summed E-state index contributed by atoms with van der Waals surface area (Å²) in [5.74, 6) is -0.334. The number of halogens is 1. The van der Waals surface area contributed by atoms with Crippen molar-refractivity contribution in [3.8, 4) is 0 Å². The van der Waals surface area contributed by atoms with Crippen LogP contribution in [0.2, 0.25) is 0 Å². The number of morpholine rings is 1. The van der Waals surface area contributed by atoms with Gasteiger partial charge < -0.3 is 14.3 Å². The molecule has 2 aromatic rings. The van der Waals surface area contributed by atoms with E-state index in [-0.39, 0.29) is 18.2 Å². The number of benzene rings is 2. The molecule has 5 heteroatoms. The summed E-state index contributed by atoms with van der Waals surface area (Å²) in [5, 5.41) is 10.5. The number of hydrogen-bond acceptors (Lipinski definition) is 3. The number of quaternary nitrogens is 1. The quantitative estimate of drug-likeness (QED) is 0.677. The molecule has 0 radical (unpaired) electrons. The van der Waals surface area contributed by atoms with Crippen LogP contribution >= 0.6 is 0 Å². The van der Waals surface area contributed by atoms with Crippen molar-refractivity contribution in [2.75, 3.05) is 46.0 Å².